The van der Waals surface area contributed by atoms with Crippen molar-refractivity contribution in [2.24, 2.45) is 0 Å². The Hall–Kier alpha value is -4.89. The van der Waals surface area contributed by atoms with Gasteiger partial charge in [0.2, 0.25) is 17.7 Å². The second-order valence-corrected chi connectivity index (χ2v) is 12.8. The molecule has 0 saturated heterocycles. The minimum atomic E-state index is -0.907. The van der Waals surface area contributed by atoms with Crippen LogP contribution in [0.25, 0.3) is 10.8 Å². The number of pyridine rings is 1. The summed E-state index contributed by atoms with van der Waals surface area (Å²) in [5.74, 6) is -1.41. The lowest BCUT2D eigenvalue weighted by atomic mass is 9.98. The number of carbonyl (C=O) groups excluding carboxylic acids is 3. The summed E-state index contributed by atoms with van der Waals surface area (Å²) in [6, 6.07) is 21.8. The lowest BCUT2D eigenvalue weighted by Gasteiger charge is -2.34. The SMILES string of the molecule is CNC(C)(C)CC=CC(=O)N(C)[C@H](Cc1ccc2ccccc2c1)C(=O)N(C)[C@H](Cc1ccc(F)cc1)C(=O)NCCc1ccncc1. The third-order valence-corrected chi connectivity index (χ3v) is 8.83. The van der Waals surface area contributed by atoms with Gasteiger partial charge in [0.1, 0.15) is 17.9 Å². The topological polar surface area (TPSA) is 94.6 Å². The minimum absolute atomic E-state index is 0.170. The van der Waals surface area contributed by atoms with E-state index in [4.69, 9.17) is 0 Å². The predicted octanol–water partition coefficient (Wildman–Crippen LogP) is 5.12. The molecule has 9 heteroatoms. The number of hydrogen-bond acceptors (Lipinski definition) is 5. The van der Waals surface area contributed by atoms with Gasteiger partial charge in [0, 0.05) is 51.4 Å². The maximum atomic E-state index is 14.5. The number of nitrogens with one attached hydrogen (secondary N) is 2. The summed E-state index contributed by atoms with van der Waals surface area (Å²) >= 11 is 0. The molecule has 8 nitrogen and oxygen atoms in total. The number of carbonyl (C=O) groups is 3. The molecule has 0 bridgehead atoms. The number of nitrogens with zero attached hydrogens (tertiary/aromatic N) is 3. The standard InChI is InChI=1S/C39H46FN5O3/c1-39(2,41-3)21-8-11-36(46)44(4)35(27-30-12-15-31-9-6-7-10-32(31)25-30)38(48)45(5)34(26-29-13-16-33(40)17-14-29)37(47)43-24-20-28-18-22-42-23-19-28/h6-19,22-23,25,34-35,41H,20-21,24,26-27H2,1-5H3,(H,43,47)/t34-,35-/m1/s1. The van der Waals surface area contributed by atoms with Crippen LogP contribution in [0.3, 0.4) is 0 Å². The maximum Gasteiger partial charge on any atom is 0.246 e. The Morgan fingerprint density at radius 2 is 1.48 bits per heavy atom. The Morgan fingerprint density at radius 3 is 2.17 bits per heavy atom. The van der Waals surface area contributed by atoms with Crippen molar-refractivity contribution in [2.75, 3.05) is 27.7 Å². The summed E-state index contributed by atoms with van der Waals surface area (Å²) in [7, 11) is 5.08. The molecule has 1 aromatic heterocycles. The van der Waals surface area contributed by atoms with Gasteiger partial charge < -0.3 is 20.4 Å². The molecule has 4 aromatic rings. The van der Waals surface area contributed by atoms with Gasteiger partial charge in [-0.05, 0) is 91.5 Å². The first-order valence-corrected chi connectivity index (χ1v) is 16.2. The van der Waals surface area contributed by atoms with E-state index in [1.807, 2.05) is 81.6 Å². The third kappa shape index (κ3) is 10.1. The molecule has 0 aliphatic carbocycles. The zero-order valence-corrected chi connectivity index (χ0v) is 28.4. The van der Waals surface area contributed by atoms with Crippen molar-refractivity contribution >= 4 is 28.5 Å². The second-order valence-electron chi connectivity index (χ2n) is 12.8. The number of fused-ring (bicyclic) bond motifs is 1. The quantitative estimate of drug-likeness (QED) is 0.174. The maximum absolute atomic E-state index is 14.5. The van der Waals surface area contributed by atoms with Gasteiger partial charge >= 0.3 is 0 Å². The van der Waals surface area contributed by atoms with E-state index < -0.39 is 12.1 Å². The van der Waals surface area contributed by atoms with Gasteiger partial charge in [-0.1, -0.05) is 60.7 Å². The molecule has 4 rings (SSSR count). The van der Waals surface area contributed by atoms with E-state index in [1.165, 1.54) is 28.0 Å². The van der Waals surface area contributed by atoms with Crippen molar-refractivity contribution < 1.29 is 18.8 Å². The zero-order valence-electron chi connectivity index (χ0n) is 28.4. The lowest BCUT2D eigenvalue weighted by Crippen LogP contribution is -2.56. The average molecular weight is 652 g/mol. The van der Waals surface area contributed by atoms with Gasteiger partial charge in [-0.2, -0.15) is 0 Å². The molecular formula is C39H46FN5O3. The number of hydrogen-bond donors (Lipinski definition) is 2. The van der Waals surface area contributed by atoms with Crippen LogP contribution in [-0.4, -0.2) is 77.8 Å². The Labute approximate surface area is 283 Å². The summed E-state index contributed by atoms with van der Waals surface area (Å²) in [5.41, 5.74) is 2.41. The van der Waals surface area contributed by atoms with Gasteiger partial charge in [-0.3, -0.25) is 19.4 Å². The van der Waals surface area contributed by atoms with Gasteiger partial charge in [0.25, 0.3) is 0 Å². The van der Waals surface area contributed by atoms with Crippen LogP contribution in [0.4, 0.5) is 4.39 Å². The number of likely N-dealkylation sites (N-methyl/N-ethyl adjacent to an activating group) is 2. The average Bonchev–Trinajstić information content (AvgIpc) is 3.09. The first-order chi connectivity index (χ1) is 23.0. The molecule has 0 saturated carbocycles. The number of rotatable bonds is 15. The molecule has 0 unspecified atom stereocenters. The van der Waals surface area contributed by atoms with Gasteiger partial charge in [-0.15, -0.1) is 0 Å². The Bertz CT molecular complexity index is 1710. The van der Waals surface area contributed by atoms with E-state index in [-0.39, 0.29) is 41.9 Å². The van der Waals surface area contributed by atoms with Gasteiger partial charge in [0.15, 0.2) is 0 Å². The highest BCUT2D eigenvalue weighted by atomic mass is 19.1. The van der Waals surface area contributed by atoms with Crippen molar-refractivity contribution in [1.82, 2.24) is 25.4 Å². The molecule has 252 valence electrons. The normalized spacial score (nSPS) is 12.9. The van der Waals surface area contributed by atoms with E-state index in [9.17, 15) is 18.8 Å². The first-order valence-electron chi connectivity index (χ1n) is 16.2. The predicted molar refractivity (Wildman–Crippen MR) is 189 cm³/mol. The third-order valence-electron chi connectivity index (χ3n) is 8.83. The molecule has 48 heavy (non-hydrogen) atoms. The van der Waals surface area contributed by atoms with Crippen molar-refractivity contribution in [3.8, 4) is 0 Å². The molecule has 3 amide bonds. The lowest BCUT2D eigenvalue weighted by molar-refractivity contribution is -0.146. The van der Waals surface area contributed by atoms with E-state index in [2.05, 4.69) is 15.6 Å². The number of halogens is 1. The van der Waals surface area contributed by atoms with Crippen molar-refractivity contribution in [3.63, 3.8) is 0 Å². The van der Waals surface area contributed by atoms with Crippen LogP contribution >= 0.6 is 0 Å². The summed E-state index contributed by atoms with van der Waals surface area (Å²) in [5, 5.41) is 8.30. The Kier molecular flexibility index (Phi) is 12.6. The summed E-state index contributed by atoms with van der Waals surface area (Å²) in [4.78, 5) is 48.7. The summed E-state index contributed by atoms with van der Waals surface area (Å²) in [6.45, 7) is 4.43. The molecular weight excluding hydrogens is 605 g/mol. The van der Waals surface area contributed by atoms with Crippen LogP contribution in [0, 0.1) is 5.82 Å². The van der Waals surface area contributed by atoms with Crippen molar-refractivity contribution in [2.45, 2.75) is 57.2 Å². The highest BCUT2D eigenvalue weighted by Crippen LogP contribution is 2.20. The highest BCUT2D eigenvalue weighted by Gasteiger charge is 2.35. The fourth-order valence-corrected chi connectivity index (χ4v) is 5.44. The molecule has 2 atom stereocenters. The minimum Gasteiger partial charge on any atom is -0.354 e. The fourth-order valence-electron chi connectivity index (χ4n) is 5.44. The van der Waals surface area contributed by atoms with E-state index in [0.29, 0.717) is 24.9 Å². The first kappa shape index (κ1) is 36.0. The van der Waals surface area contributed by atoms with E-state index in [0.717, 1.165) is 21.9 Å². The Morgan fingerprint density at radius 1 is 0.833 bits per heavy atom. The van der Waals surface area contributed by atoms with Crippen LogP contribution in [0.5, 0.6) is 0 Å². The molecule has 0 fully saturated rings. The summed E-state index contributed by atoms with van der Waals surface area (Å²) < 4.78 is 13.8. The van der Waals surface area contributed by atoms with Crippen LogP contribution in [0.2, 0.25) is 0 Å². The van der Waals surface area contributed by atoms with Crippen molar-refractivity contribution in [3.05, 3.63) is 126 Å². The largest absolute Gasteiger partial charge is 0.354 e. The Balaban J connectivity index is 1.62. The summed E-state index contributed by atoms with van der Waals surface area (Å²) in [6.07, 6.45) is 8.34. The van der Waals surface area contributed by atoms with Crippen molar-refractivity contribution in [1.29, 1.82) is 0 Å². The van der Waals surface area contributed by atoms with Crippen LogP contribution in [0.15, 0.2) is 103 Å². The second kappa shape index (κ2) is 16.8. The zero-order chi connectivity index (χ0) is 34.7. The fraction of sp³-hybridized carbons (Fsp3) is 0.333. The molecule has 3 aromatic carbocycles. The molecule has 1 heterocycles. The molecule has 0 radical (unpaired) electrons. The smallest absolute Gasteiger partial charge is 0.246 e. The number of benzene rings is 3. The van der Waals surface area contributed by atoms with E-state index >= 15 is 0 Å². The molecule has 0 aliphatic heterocycles. The van der Waals surface area contributed by atoms with Crippen LogP contribution < -0.4 is 10.6 Å². The van der Waals surface area contributed by atoms with Crippen LogP contribution in [0.1, 0.15) is 37.0 Å². The number of amides is 3. The molecule has 0 aliphatic rings. The van der Waals surface area contributed by atoms with Gasteiger partial charge in [-0.25, -0.2) is 4.39 Å². The van der Waals surface area contributed by atoms with Gasteiger partial charge in [0.05, 0.1) is 0 Å². The monoisotopic (exact) mass is 651 g/mol. The van der Waals surface area contributed by atoms with Crippen LogP contribution in [-0.2, 0) is 33.6 Å². The number of aromatic nitrogens is 1. The van der Waals surface area contributed by atoms with E-state index in [1.54, 1.807) is 38.6 Å². The molecule has 0 spiro atoms. The molecule has 2 N–H and O–H groups in total. The highest BCUT2D eigenvalue weighted by molar-refractivity contribution is 5.95.